The monoisotopic (exact) mass is 223 g/mol. The van der Waals surface area contributed by atoms with Crippen LogP contribution in [0.15, 0.2) is 29.2 Å². The lowest BCUT2D eigenvalue weighted by atomic mass is 10.2. The first kappa shape index (κ1) is 11.4. The van der Waals surface area contributed by atoms with E-state index in [9.17, 15) is 13.2 Å². The van der Waals surface area contributed by atoms with Gasteiger partial charge in [0.25, 0.3) is 0 Å². The van der Waals surface area contributed by atoms with Gasteiger partial charge in [0.15, 0.2) is 9.84 Å². The lowest BCUT2D eigenvalue weighted by molar-refractivity contribution is -0.111. The molecule has 1 rings (SSSR count). The molecule has 0 spiro atoms. The maximum atomic E-state index is 11.5. The Labute approximate surface area is 88.1 Å². The summed E-state index contributed by atoms with van der Waals surface area (Å²) in [7, 11) is -3.66. The zero-order valence-electron chi connectivity index (χ0n) is 8.10. The maximum absolute atomic E-state index is 11.5. The first-order chi connectivity index (χ1) is 6.95. The molecule has 0 radical (unpaired) electrons. The average molecular weight is 223 g/mol. The normalized spacial score (nSPS) is 10.7. The molecule has 1 aromatic carbocycles. The highest BCUT2D eigenvalue weighted by Gasteiger charge is 2.18. The van der Waals surface area contributed by atoms with Gasteiger partial charge in [0.2, 0.25) is 5.78 Å². The quantitative estimate of drug-likeness (QED) is 0.712. The lowest BCUT2D eigenvalue weighted by Crippen LogP contribution is -2.14. The summed E-state index contributed by atoms with van der Waals surface area (Å²) in [6.45, 7) is 1.83. The molecule has 5 heteroatoms. The van der Waals surface area contributed by atoms with Crippen molar-refractivity contribution < 1.29 is 13.2 Å². The molecule has 0 aliphatic rings. The first-order valence-corrected chi connectivity index (χ1v) is 5.83. The number of nitrogens with zero attached hydrogens (tertiary/aromatic N) is 1. The van der Waals surface area contributed by atoms with Crippen LogP contribution in [0, 0.1) is 18.3 Å². The van der Waals surface area contributed by atoms with Gasteiger partial charge in [0.05, 0.1) is 4.90 Å². The van der Waals surface area contributed by atoms with Crippen molar-refractivity contribution in [2.75, 3.05) is 5.75 Å². The van der Waals surface area contributed by atoms with Crippen LogP contribution in [0.4, 0.5) is 0 Å². The van der Waals surface area contributed by atoms with Crippen LogP contribution in [-0.2, 0) is 14.6 Å². The van der Waals surface area contributed by atoms with Crippen LogP contribution in [0.3, 0.4) is 0 Å². The summed E-state index contributed by atoms with van der Waals surface area (Å²) >= 11 is 0. The molecule has 0 fully saturated rings. The SMILES string of the molecule is Cc1ccc(S(=O)(=O)CC(=O)C#N)cc1. The summed E-state index contributed by atoms with van der Waals surface area (Å²) in [5, 5.41) is 8.23. The number of nitriles is 1. The Kier molecular flexibility index (Phi) is 3.22. The van der Waals surface area contributed by atoms with E-state index in [4.69, 9.17) is 5.26 Å². The molecule has 0 heterocycles. The molecule has 0 unspecified atom stereocenters. The van der Waals surface area contributed by atoms with Gasteiger partial charge in [0.1, 0.15) is 11.8 Å². The number of benzene rings is 1. The van der Waals surface area contributed by atoms with E-state index >= 15 is 0 Å². The van der Waals surface area contributed by atoms with Crippen LogP contribution >= 0.6 is 0 Å². The number of ketones is 1. The Morgan fingerprint density at radius 2 is 1.87 bits per heavy atom. The van der Waals surface area contributed by atoms with Gasteiger partial charge in [0, 0.05) is 0 Å². The van der Waals surface area contributed by atoms with Gasteiger partial charge in [-0.1, -0.05) is 17.7 Å². The number of rotatable bonds is 3. The molecule has 0 N–H and O–H groups in total. The van der Waals surface area contributed by atoms with Gasteiger partial charge in [-0.25, -0.2) is 8.42 Å². The van der Waals surface area contributed by atoms with E-state index in [2.05, 4.69) is 0 Å². The average Bonchev–Trinajstić information content (AvgIpc) is 2.17. The fourth-order valence-electron chi connectivity index (χ4n) is 1.03. The van der Waals surface area contributed by atoms with E-state index in [1.807, 2.05) is 6.92 Å². The molecule has 0 amide bonds. The largest absolute Gasteiger partial charge is 0.281 e. The lowest BCUT2D eigenvalue weighted by Gasteiger charge is -2.01. The Morgan fingerprint density at radius 1 is 1.33 bits per heavy atom. The number of carbonyl (C=O) groups excluding carboxylic acids is 1. The van der Waals surface area contributed by atoms with Gasteiger partial charge in [-0.3, -0.25) is 4.79 Å². The summed E-state index contributed by atoms with van der Waals surface area (Å²) < 4.78 is 23.1. The molecule has 0 saturated heterocycles. The molecule has 0 aliphatic heterocycles. The van der Waals surface area contributed by atoms with Crippen LogP contribution in [0.25, 0.3) is 0 Å². The van der Waals surface area contributed by atoms with Crippen LogP contribution < -0.4 is 0 Å². The van der Waals surface area contributed by atoms with E-state index in [0.29, 0.717) is 0 Å². The van der Waals surface area contributed by atoms with E-state index in [1.54, 1.807) is 12.1 Å². The molecule has 0 saturated carbocycles. The fourth-order valence-corrected chi connectivity index (χ4v) is 2.16. The van der Waals surface area contributed by atoms with Gasteiger partial charge >= 0.3 is 0 Å². The van der Waals surface area contributed by atoms with E-state index in [-0.39, 0.29) is 4.90 Å². The molecule has 78 valence electrons. The third-order valence-electron chi connectivity index (χ3n) is 1.83. The smallest absolute Gasteiger partial charge is 0.247 e. The Balaban J connectivity index is 3.03. The zero-order valence-corrected chi connectivity index (χ0v) is 8.91. The molecule has 0 atom stereocenters. The van der Waals surface area contributed by atoms with Gasteiger partial charge in [-0.05, 0) is 19.1 Å². The minimum atomic E-state index is -3.66. The number of Topliss-reactive ketones (excluding diaryl/α,β-unsaturated/α-hetero) is 1. The van der Waals surface area contributed by atoms with Crippen LogP contribution in [0.1, 0.15) is 5.56 Å². The molecule has 4 nitrogen and oxygen atoms in total. The highest BCUT2D eigenvalue weighted by Crippen LogP contribution is 2.11. The van der Waals surface area contributed by atoms with Crippen molar-refractivity contribution in [3.05, 3.63) is 29.8 Å². The van der Waals surface area contributed by atoms with Crippen LogP contribution in [0.2, 0.25) is 0 Å². The number of aryl methyl sites for hydroxylation is 1. The number of hydrogen-bond donors (Lipinski definition) is 0. The highest BCUT2D eigenvalue weighted by molar-refractivity contribution is 7.92. The van der Waals surface area contributed by atoms with Gasteiger partial charge in [-0.2, -0.15) is 5.26 Å². The first-order valence-electron chi connectivity index (χ1n) is 4.18. The predicted molar refractivity (Wildman–Crippen MR) is 53.9 cm³/mol. The topological polar surface area (TPSA) is 75.0 Å². The second kappa shape index (κ2) is 4.24. The third kappa shape index (κ3) is 2.89. The molecule has 0 aliphatic carbocycles. The molecular formula is C10H9NO3S. The number of hydrogen-bond acceptors (Lipinski definition) is 4. The third-order valence-corrected chi connectivity index (χ3v) is 3.46. The molecule has 15 heavy (non-hydrogen) atoms. The molecular weight excluding hydrogens is 214 g/mol. The Bertz CT molecular complexity index is 509. The van der Waals surface area contributed by atoms with Crippen molar-refractivity contribution >= 4 is 15.6 Å². The minimum absolute atomic E-state index is 0.0664. The number of sulfone groups is 1. The van der Waals surface area contributed by atoms with Crippen LogP contribution in [0.5, 0.6) is 0 Å². The molecule has 0 aromatic heterocycles. The summed E-state index contributed by atoms with van der Waals surface area (Å²) in [6.07, 6.45) is 0. The summed E-state index contributed by atoms with van der Waals surface area (Å²) in [5.74, 6) is -1.71. The zero-order chi connectivity index (χ0) is 11.5. The molecule has 1 aromatic rings. The number of carbonyl (C=O) groups is 1. The van der Waals surface area contributed by atoms with Crippen molar-refractivity contribution in [2.45, 2.75) is 11.8 Å². The second-order valence-electron chi connectivity index (χ2n) is 3.11. The Hall–Kier alpha value is -1.67. The highest BCUT2D eigenvalue weighted by atomic mass is 32.2. The van der Waals surface area contributed by atoms with Crippen molar-refractivity contribution in [1.29, 1.82) is 5.26 Å². The minimum Gasteiger partial charge on any atom is -0.281 e. The Morgan fingerprint density at radius 3 is 2.33 bits per heavy atom. The maximum Gasteiger partial charge on any atom is 0.247 e. The summed E-state index contributed by atoms with van der Waals surface area (Å²) in [4.78, 5) is 10.8. The van der Waals surface area contributed by atoms with Crippen molar-refractivity contribution in [2.24, 2.45) is 0 Å². The van der Waals surface area contributed by atoms with Gasteiger partial charge in [-0.15, -0.1) is 0 Å². The standard InChI is InChI=1S/C10H9NO3S/c1-8-2-4-10(5-3-8)15(13,14)7-9(12)6-11/h2-5H,7H2,1H3. The van der Waals surface area contributed by atoms with Gasteiger partial charge < -0.3 is 0 Å². The summed E-state index contributed by atoms with van der Waals surface area (Å²) in [5.41, 5.74) is 0.931. The van der Waals surface area contributed by atoms with Crippen molar-refractivity contribution in [3.63, 3.8) is 0 Å². The van der Waals surface area contributed by atoms with Crippen LogP contribution in [-0.4, -0.2) is 20.0 Å². The van der Waals surface area contributed by atoms with E-state index in [0.717, 1.165) is 5.56 Å². The molecule has 0 bridgehead atoms. The van der Waals surface area contributed by atoms with E-state index in [1.165, 1.54) is 18.2 Å². The van der Waals surface area contributed by atoms with E-state index < -0.39 is 21.4 Å². The van der Waals surface area contributed by atoms with Crippen molar-refractivity contribution in [1.82, 2.24) is 0 Å². The van der Waals surface area contributed by atoms with Crippen molar-refractivity contribution in [3.8, 4) is 6.07 Å². The predicted octanol–water partition coefficient (Wildman–Crippen LogP) is 0.861. The second-order valence-corrected chi connectivity index (χ2v) is 5.10. The summed E-state index contributed by atoms with van der Waals surface area (Å²) in [6, 6.07) is 7.42. The fraction of sp³-hybridized carbons (Fsp3) is 0.200.